The highest BCUT2D eigenvalue weighted by Crippen LogP contribution is 2.25. The third-order valence-corrected chi connectivity index (χ3v) is 3.13. The minimum absolute atomic E-state index is 0.219. The van der Waals surface area contributed by atoms with Gasteiger partial charge in [-0.05, 0) is 30.2 Å². The first-order valence-corrected chi connectivity index (χ1v) is 5.88. The van der Waals surface area contributed by atoms with Crippen molar-refractivity contribution >= 4 is 22.8 Å². The number of benzene rings is 1. The average molecular weight is 232 g/mol. The van der Waals surface area contributed by atoms with Crippen molar-refractivity contribution < 1.29 is 4.79 Å². The molecule has 0 bridgehead atoms. The number of nitrogens with two attached hydrogens (primary N) is 1. The van der Waals surface area contributed by atoms with Gasteiger partial charge in [-0.2, -0.15) is 4.99 Å². The maximum absolute atomic E-state index is 11.0. The molecule has 0 spiro atoms. The van der Waals surface area contributed by atoms with Crippen molar-refractivity contribution in [1.82, 2.24) is 0 Å². The van der Waals surface area contributed by atoms with Crippen LogP contribution < -0.4 is 5.73 Å². The molecule has 82 valence electrons. The number of carbonyl (C=O) groups excluding carboxylic acids is 1. The van der Waals surface area contributed by atoms with Gasteiger partial charge in [0.1, 0.15) is 5.84 Å². The van der Waals surface area contributed by atoms with Gasteiger partial charge in [0, 0.05) is 0 Å². The number of amides is 1. The van der Waals surface area contributed by atoms with Gasteiger partial charge in [0.25, 0.3) is 0 Å². The van der Waals surface area contributed by atoms with E-state index in [1.807, 2.05) is 24.3 Å². The van der Waals surface area contributed by atoms with Crippen molar-refractivity contribution in [1.29, 1.82) is 0 Å². The Hall–Kier alpha value is -1.55. The van der Waals surface area contributed by atoms with Crippen LogP contribution in [0.25, 0.3) is 0 Å². The summed E-state index contributed by atoms with van der Waals surface area (Å²) in [5.41, 5.74) is 6.87. The number of nitrogens with zero attached hydrogens (tertiary/aromatic N) is 1. The molecule has 3 nitrogen and oxygen atoms in total. The van der Waals surface area contributed by atoms with Crippen LogP contribution in [0.3, 0.4) is 0 Å². The van der Waals surface area contributed by atoms with Crippen molar-refractivity contribution in [2.45, 2.75) is 12.8 Å². The molecule has 0 unspecified atom stereocenters. The van der Waals surface area contributed by atoms with Gasteiger partial charge in [0.15, 0.2) is 0 Å². The van der Waals surface area contributed by atoms with E-state index >= 15 is 0 Å². The number of rotatable bonds is 3. The Morgan fingerprint density at radius 1 is 1.31 bits per heavy atom. The molecule has 0 fully saturated rings. The molecule has 4 heteroatoms. The summed E-state index contributed by atoms with van der Waals surface area (Å²) >= 11 is 1.10. The number of carbonyl (C=O) groups is 1. The molecule has 1 aromatic rings. The zero-order chi connectivity index (χ0) is 11.4. The van der Waals surface area contributed by atoms with Crippen molar-refractivity contribution in [2.75, 3.05) is 0 Å². The van der Waals surface area contributed by atoms with Gasteiger partial charge in [-0.1, -0.05) is 36.4 Å². The Morgan fingerprint density at radius 2 is 2.06 bits per heavy atom. The quantitative estimate of drug-likeness (QED) is 0.871. The van der Waals surface area contributed by atoms with Gasteiger partial charge in [-0.15, -0.1) is 0 Å². The second-order valence-corrected chi connectivity index (χ2v) is 4.45. The van der Waals surface area contributed by atoms with Crippen LogP contribution in [-0.4, -0.2) is 11.1 Å². The van der Waals surface area contributed by atoms with Crippen LogP contribution in [0, 0.1) is 0 Å². The first-order valence-electron chi connectivity index (χ1n) is 5.06. The molecule has 1 amide bonds. The van der Waals surface area contributed by atoms with Gasteiger partial charge < -0.3 is 5.73 Å². The molecule has 0 radical (unpaired) electrons. The van der Waals surface area contributed by atoms with Gasteiger partial charge in [-0.3, -0.25) is 4.79 Å². The minimum Gasteiger partial charge on any atom is -0.383 e. The highest BCUT2D eigenvalue weighted by Gasteiger charge is 2.17. The van der Waals surface area contributed by atoms with E-state index < -0.39 is 0 Å². The maximum Gasteiger partial charge on any atom is 0.311 e. The summed E-state index contributed by atoms with van der Waals surface area (Å²) in [5, 5.41) is -0.219. The first-order chi connectivity index (χ1) is 7.75. The number of hydrogen-bond acceptors (Lipinski definition) is 3. The fourth-order valence-electron chi connectivity index (χ4n) is 1.48. The van der Waals surface area contributed by atoms with Gasteiger partial charge in [-0.25, -0.2) is 0 Å². The largest absolute Gasteiger partial charge is 0.383 e. The first kappa shape index (κ1) is 11.0. The zero-order valence-electron chi connectivity index (χ0n) is 8.72. The normalized spacial score (nSPS) is 17.9. The van der Waals surface area contributed by atoms with Crippen LogP contribution in [-0.2, 0) is 6.42 Å². The molecule has 0 atom stereocenters. The van der Waals surface area contributed by atoms with Crippen molar-refractivity contribution in [3.8, 4) is 0 Å². The van der Waals surface area contributed by atoms with Crippen LogP contribution in [0.1, 0.15) is 12.0 Å². The van der Waals surface area contributed by atoms with E-state index in [1.54, 1.807) is 0 Å². The number of hydrogen-bond donors (Lipinski definition) is 1. The predicted molar refractivity (Wildman–Crippen MR) is 67.5 cm³/mol. The lowest BCUT2D eigenvalue weighted by Crippen LogP contribution is -2.09. The Bertz CT molecular complexity index is 451. The smallest absolute Gasteiger partial charge is 0.311 e. The Balaban J connectivity index is 1.91. The van der Waals surface area contributed by atoms with Gasteiger partial charge >= 0.3 is 5.24 Å². The molecule has 1 aromatic carbocycles. The Labute approximate surface area is 98.4 Å². The number of allylic oxidation sites excluding steroid dienone is 1. The lowest BCUT2D eigenvalue weighted by atomic mass is 10.1. The molecule has 16 heavy (non-hydrogen) atoms. The van der Waals surface area contributed by atoms with Crippen LogP contribution in [0.4, 0.5) is 4.79 Å². The number of aryl methyl sites for hydroxylation is 1. The predicted octanol–water partition coefficient (Wildman–Crippen LogP) is 2.73. The maximum atomic E-state index is 11.0. The highest BCUT2D eigenvalue weighted by atomic mass is 32.2. The van der Waals surface area contributed by atoms with Crippen molar-refractivity contribution in [3.63, 3.8) is 0 Å². The third kappa shape index (κ3) is 2.73. The number of amidine groups is 1. The average Bonchev–Trinajstić information content (AvgIpc) is 2.59. The minimum atomic E-state index is -0.219. The molecule has 2 rings (SSSR count). The van der Waals surface area contributed by atoms with Gasteiger partial charge in [0.05, 0.1) is 4.91 Å². The summed E-state index contributed by atoms with van der Waals surface area (Å²) < 4.78 is 0. The molecule has 0 saturated carbocycles. The SMILES string of the molecule is NC1=NC(=O)S/C1=C\CCc1ccccc1. The lowest BCUT2D eigenvalue weighted by molar-refractivity contribution is 0.268. The second kappa shape index (κ2) is 4.99. The van der Waals surface area contributed by atoms with E-state index in [0.717, 1.165) is 29.5 Å². The van der Waals surface area contributed by atoms with Crippen LogP contribution >= 0.6 is 11.8 Å². The summed E-state index contributed by atoms with van der Waals surface area (Å²) in [6.07, 6.45) is 3.80. The van der Waals surface area contributed by atoms with Crippen molar-refractivity contribution in [2.24, 2.45) is 10.7 Å². The Kier molecular flexibility index (Phi) is 3.41. The van der Waals surface area contributed by atoms with E-state index in [-0.39, 0.29) is 5.24 Å². The summed E-state index contributed by atoms with van der Waals surface area (Å²) in [7, 11) is 0. The molecule has 1 aliphatic heterocycles. The van der Waals surface area contributed by atoms with Crippen LogP contribution in [0.15, 0.2) is 46.3 Å². The fraction of sp³-hybridized carbons (Fsp3) is 0.167. The molecule has 1 heterocycles. The molecule has 0 saturated heterocycles. The summed E-state index contributed by atoms with van der Waals surface area (Å²) in [6.45, 7) is 0. The van der Waals surface area contributed by atoms with Crippen molar-refractivity contribution in [3.05, 3.63) is 46.9 Å². The summed E-state index contributed by atoms with van der Waals surface area (Å²) in [4.78, 5) is 15.4. The monoisotopic (exact) mass is 232 g/mol. The molecular formula is C12H12N2OS. The Morgan fingerprint density at radius 3 is 2.69 bits per heavy atom. The third-order valence-electron chi connectivity index (χ3n) is 2.27. The highest BCUT2D eigenvalue weighted by molar-refractivity contribution is 8.18. The van der Waals surface area contributed by atoms with E-state index in [4.69, 9.17) is 5.73 Å². The van der Waals surface area contributed by atoms with E-state index in [1.165, 1.54) is 5.56 Å². The van der Waals surface area contributed by atoms with E-state index in [9.17, 15) is 4.79 Å². The lowest BCUT2D eigenvalue weighted by Gasteiger charge is -1.98. The molecule has 1 aliphatic rings. The number of aliphatic imine (C=N–C) groups is 1. The fourth-order valence-corrected chi connectivity index (χ4v) is 2.17. The van der Waals surface area contributed by atoms with E-state index in [0.29, 0.717) is 5.84 Å². The molecule has 0 aliphatic carbocycles. The van der Waals surface area contributed by atoms with E-state index in [2.05, 4.69) is 17.1 Å². The van der Waals surface area contributed by atoms with Crippen LogP contribution in [0.2, 0.25) is 0 Å². The van der Waals surface area contributed by atoms with Crippen LogP contribution in [0.5, 0.6) is 0 Å². The molecule has 2 N–H and O–H groups in total. The summed E-state index contributed by atoms with van der Waals surface area (Å²) in [6, 6.07) is 10.2. The molecular weight excluding hydrogens is 220 g/mol. The van der Waals surface area contributed by atoms with Gasteiger partial charge in [0.2, 0.25) is 0 Å². The summed E-state index contributed by atoms with van der Waals surface area (Å²) in [5.74, 6) is 0.350. The topological polar surface area (TPSA) is 55.4 Å². The standard InChI is InChI=1S/C12H12N2OS/c13-11-10(16-12(15)14-11)8-4-7-9-5-2-1-3-6-9/h1-3,5-6,8H,4,7H2,(H2,13,14,15)/b10-8-. The molecule has 0 aromatic heterocycles. The number of thioether (sulfide) groups is 1. The zero-order valence-corrected chi connectivity index (χ0v) is 9.54. The second-order valence-electron chi connectivity index (χ2n) is 3.46.